The first-order valence-electron chi connectivity index (χ1n) is 7.89. The number of hydrogen-bond donors (Lipinski definition) is 0. The van der Waals surface area contributed by atoms with Crippen LogP contribution < -0.4 is 9.47 Å². The van der Waals surface area contributed by atoms with E-state index in [0.717, 1.165) is 11.3 Å². The van der Waals surface area contributed by atoms with Crippen LogP contribution >= 0.6 is 0 Å². The Morgan fingerprint density at radius 3 is 2.32 bits per heavy atom. The predicted molar refractivity (Wildman–Crippen MR) is 98.7 cm³/mol. The summed E-state index contributed by atoms with van der Waals surface area (Å²) in [7, 11) is 3.19. The minimum atomic E-state index is -0.0584. The van der Waals surface area contributed by atoms with Crippen molar-refractivity contribution in [2.75, 3.05) is 14.2 Å². The Kier molecular flexibility index (Phi) is 5.00. The van der Waals surface area contributed by atoms with E-state index >= 15 is 0 Å². The van der Waals surface area contributed by atoms with E-state index in [2.05, 4.69) is 0 Å². The molecule has 0 radical (unpaired) electrons. The van der Waals surface area contributed by atoms with E-state index in [1.165, 1.54) is 0 Å². The molecular formula is C21H19NO3. The lowest BCUT2D eigenvalue weighted by molar-refractivity contribution is 0.104. The molecule has 0 saturated carbocycles. The third-order valence-corrected chi connectivity index (χ3v) is 3.91. The second-order valence-corrected chi connectivity index (χ2v) is 5.44. The van der Waals surface area contributed by atoms with Crippen LogP contribution in [0.3, 0.4) is 0 Å². The highest BCUT2D eigenvalue weighted by molar-refractivity contribution is 6.07. The number of nitrogens with zero attached hydrogens (tertiary/aromatic N) is 1. The minimum absolute atomic E-state index is 0.0584. The van der Waals surface area contributed by atoms with Crippen molar-refractivity contribution in [1.29, 1.82) is 0 Å². The summed E-state index contributed by atoms with van der Waals surface area (Å²) in [6.45, 7) is 0. The first-order chi connectivity index (χ1) is 12.2. The molecule has 0 unspecified atom stereocenters. The van der Waals surface area contributed by atoms with Crippen molar-refractivity contribution >= 4 is 11.9 Å². The van der Waals surface area contributed by atoms with Gasteiger partial charge in [-0.2, -0.15) is 0 Å². The van der Waals surface area contributed by atoms with E-state index in [1.807, 2.05) is 65.5 Å². The molecule has 0 bridgehead atoms. The number of benzene rings is 2. The number of ketones is 1. The zero-order chi connectivity index (χ0) is 17.6. The molecule has 0 fully saturated rings. The van der Waals surface area contributed by atoms with E-state index in [0.29, 0.717) is 17.1 Å². The Bertz CT molecular complexity index is 878. The van der Waals surface area contributed by atoms with Gasteiger partial charge >= 0.3 is 0 Å². The van der Waals surface area contributed by atoms with Crippen LogP contribution in [0.15, 0.2) is 73.1 Å². The molecule has 0 saturated heterocycles. The Morgan fingerprint density at radius 1 is 0.960 bits per heavy atom. The quantitative estimate of drug-likeness (QED) is 0.496. The van der Waals surface area contributed by atoms with Crippen molar-refractivity contribution in [2.24, 2.45) is 0 Å². The summed E-state index contributed by atoms with van der Waals surface area (Å²) < 4.78 is 12.5. The number of carbonyl (C=O) groups is 1. The summed E-state index contributed by atoms with van der Waals surface area (Å²) in [6, 6.07) is 16.9. The van der Waals surface area contributed by atoms with Gasteiger partial charge in [-0.25, -0.2) is 0 Å². The van der Waals surface area contributed by atoms with E-state index in [1.54, 1.807) is 32.4 Å². The van der Waals surface area contributed by atoms with Gasteiger partial charge in [0, 0.05) is 35.3 Å². The van der Waals surface area contributed by atoms with Crippen molar-refractivity contribution in [1.82, 2.24) is 4.57 Å². The molecule has 0 spiro atoms. The number of hydrogen-bond acceptors (Lipinski definition) is 3. The normalized spacial score (nSPS) is 10.8. The zero-order valence-electron chi connectivity index (χ0n) is 14.2. The summed E-state index contributed by atoms with van der Waals surface area (Å²) in [4.78, 5) is 12.4. The van der Waals surface area contributed by atoms with Gasteiger partial charge in [0.05, 0.1) is 14.2 Å². The monoisotopic (exact) mass is 333 g/mol. The van der Waals surface area contributed by atoms with Crippen LogP contribution in [0.25, 0.3) is 11.8 Å². The maximum Gasteiger partial charge on any atom is 0.185 e. The lowest BCUT2D eigenvalue weighted by atomic mass is 10.1. The largest absolute Gasteiger partial charge is 0.497 e. The van der Waals surface area contributed by atoms with Gasteiger partial charge in [-0.05, 0) is 60.7 Å². The Labute approximate surface area is 146 Å². The molecule has 1 heterocycles. The van der Waals surface area contributed by atoms with Crippen LogP contribution in [-0.4, -0.2) is 24.6 Å². The molecule has 126 valence electrons. The number of allylic oxidation sites excluding steroid dienone is 1. The fraction of sp³-hybridized carbons (Fsp3) is 0.0952. The zero-order valence-corrected chi connectivity index (χ0v) is 14.2. The van der Waals surface area contributed by atoms with Crippen LogP contribution in [0.5, 0.6) is 11.5 Å². The average molecular weight is 333 g/mol. The van der Waals surface area contributed by atoms with Crippen LogP contribution in [0, 0.1) is 0 Å². The highest BCUT2D eigenvalue weighted by atomic mass is 16.5. The second-order valence-electron chi connectivity index (χ2n) is 5.44. The van der Waals surface area contributed by atoms with E-state index in [9.17, 15) is 4.79 Å². The van der Waals surface area contributed by atoms with Crippen LogP contribution in [0.4, 0.5) is 0 Å². The predicted octanol–water partition coefficient (Wildman–Crippen LogP) is 4.39. The standard InChI is InChI=1S/C21H19NO3/c1-24-19-11-7-17(21(15-19)25-2)8-12-20(23)16-5-9-18(10-6-16)22-13-3-4-14-22/h3-15H,1-2H3/b12-8+. The molecule has 0 aliphatic carbocycles. The van der Waals surface area contributed by atoms with Gasteiger partial charge in [0.2, 0.25) is 0 Å². The van der Waals surface area contributed by atoms with Gasteiger partial charge in [0.25, 0.3) is 0 Å². The fourth-order valence-electron chi connectivity index (χ4n) is 2.52. The lowest BCUT2D eigenvalue weighted by Gasteiger charge is -2.07. The summed E-state index contributed by atoms with van der Waals surface area (Å²) in [5.74, 6) is 1.31. The summed E-state index contributed by atoms with van der Waals surface area (Å²) in [5.41, 5.74) is 2.47. The van der Waals surface area contributed by atoms with Crippen LogP contribution in [-0.2, 0) is 0 Å². The van der Waals surface area contributed by atoms with Crippen LogP contribution in [0.1, 0.15) is 15.9 Å². The van der Waals surface area contributed by atoms with E-state index < -0.39 is 0 Å². The van der Waals surface area contributed by atoms with Gasteiger partial charge in [-0.15, -0.1) is 0 Å². The second kappa shape index (κ2) is 7.53. The van der Waals surface area contributed by atoms with Crippen molar-refractivity contribution < 1.29 is 14.3 Å². The fourth-order valence-corrected chi connectivity index (χ4v) is 2.52. The van der Waals surface area contributed by atoms with Gasteiger partial charge < -0.3 is 14.0 Å². The number of aromatic nitrogens is 1. The molecule has 25 heavy (non-hydrogen) atoms. The van der Waals surface area contributed by atoms with E-state index in [-0.39, 0.29) is 5.78 Å². The highest BCUT2D eigenvalue weighted by Gasteiger charge is 2.05. The van der Waals surface area contributed by atoms with E-state index in [4.69, 9.17) is 9.47 Å². The molecular weight excluding hydrogens is 314 g/mol. The molecule has 0 N–H and O–H groups in total. The molecule has 0 aliphatic heterocycles. The molecule has 0 atom stereocenters. The summed E-state index contributed by atoms with van der Waals surface area (Å²) in [5, 5.41) is 0. The maximum absolute atomic E-state index is 12.4. The number of methoxy groups -OCH3 is 2. The molecule has 4 heteroatoms. The smallest absolute Gasteiger partial charge is 0.185 e. The van der Waals surface area contributed by atoms with Gasteiger partial charge in [-0.1, -0.05) is 0 Å². The molecule has 4 nitrogen and oxygen atoms in total. The highest BCUT2D eigenvalue weighted by Crippen LogP contribution is 2.25. The topological polar surface area (TPSA) is 40.5 Å². The molecule has 0 amide bonds. The minimum Gasteiger partial charge on any atom is -0.497 e. The van der Waals surface area contributed by atoms with Crippen molar-refractivity contribution in [3.63, 3.8) is 0 Å². The lowest BCUT2D eigenvalue weighted by Crippen LogP contribution is -1.96. The summed E-state index contributed by atoms with van der Waals surface area (Å²) >= 11 is 0. The van der Waals surface area contributed by atoms with Crippen molar-refractivity contribution in [3.8, 4) is 17.2 Å². The molecule has 2 aromatic carbocycles. The van der Waals surface area contributed by atoms with Gasteiger partial charge in [-0.3, -0.25) is 4.79 Å². The number of carbonyl (C=O) groups excluding carboxylic acids is 1. The molecule has 3 aromatic rings. The number of ether oxygens (including phenoxy) is 2. The Balaban J connectivity index is 1.77. The molecule has 1 aromatic heterocycles. The van der Waals surface area contributed by atoms with Crippen LogP contribution in [0.2, 0.25) is 0 Å². The van der Waals surface area contributed by atoms with Gasteiger partial charge in [0.1, 0.15) is 11.5 Å². The first-order valence-corrected chi connectivity index (χ1v) is 7.89. The van der Waals surface area contributed by atoms with Crippen molar-refractivity contribution in [2.45, 2.75) is 0 Å². The third-order valence-electron chi connectivity index (χ3n) is 3.91. The van der Waals surface area contributed by atoms with Crippen molar-refractivity contribution in [3.05, 3.63) is 84.2 Å². The SMILES string of the molecule is COc1ccc(/C=C/C(=O)c2ccc(-n3cccc3)cc2)c(OC)c1. The maximum atomic E-state index is 12.4. The number of rotatable bonds is 6. The average Bonchev–Trinajstić information content (AvgIpc) is 3.20. The molecule has 0 aliphatic rings. The third kappa shape index (κ3) is 3.80. The Hall–Kier alpha value is -3.27. The first kappa shape index (κ1) is 16.6. The Morgan fingerprint density at radius 2 is 1.68 bits per heavy atom. The summed E-state index contributed by atoms with van der Waals surface area (Å²) in [6.07, 6.45) is 7.23. The molecule has 3 rings (SSSR count). The van der Waals surface area contributed by atoms with Gasteiger partial charge in [0.15, 0.2) is 5.78 Å².